The molecule has 0 saturated carbocycles. The van der Waals surface area contributed by atoms with Crippen LogP contribution in [0.1, 0.15) is 53.4 Å². The minimum atomic E-state index is -1.23. The molecule has 0 saturated heterocycles. The van der Waals surface area contributed by atoms with Gasteiger partial charge in [0.25, 0.3) is 0 Å². The summed E-state index contributed by atoms with van der Waals surface area (Å²) >= 11 is 0. The molecule has 5 unspecified atom stereocenters. The average molecular weight is 488 g/mol. The van der Waals surface area contributed by atoms with E-state index in [9.17, 15) is 24.3 Å². The van der Waals surface area contributed by atoms with Gasteiger partial charge in [-0.2, -0.15) is 0 Å². The number of aliphatic imine (C=N–C) groups is 1. The predicted octanol–water partition coefficient (Wildman–Crippen LogP) is -2.01. The Hall–Kier alpha value is -2.93. The molecular weight excluding hydrogens is 446 g/mol. The van der Waals surface area contributed by atoms with Crippen molar-refractivity contribution in [3.63, 3.8) is 0 Å². The summed E-state index contributed by atoms with van der Waals surface area (Å²) in [5, 5.41) is 26.2. The summed E-state index contributed by atoms with van der Waals surface area (Å²) in [7, 11) is 0. The monoisotopic (exact) mass is 487 g/mol. The molecular formula is C21H41N7O6. The molecule has 0 aromatic heterocycles. The van der Waals surface area contributed by atoms with E-state index in [4.69, 9.17) is 22.3 Å². The zero-order chi connectivity index (χ0) is 26.4. The fourth-order valence-corrected chi connectivity index (χ4v) is 3.04. The summed E-state index contributed by atoms with van der Waals surface area (Å²) < 4.78 is 0. The van der Waals surface area contributed by atoms with Gasteiger partial charge in [-0.25, -0.2) is 4.79 Å². The van der Waals surface area contributed by atoms with Gasteiger partial charge >= 0.3 is 5.97 Å². The Kier molecular flexibility index (Phi) is 14.5. The number of rotatable bonds is 16. The number of guanidine groups is 1. The second-order valence-electron chi connectivity index (χ2n) is 8.70. The van der Waals surface area contributed by atoms with Crippen molar-refractivity contribution in [1.82, 2.24) is 16.0 Å². The zero-order valence-electron chi connectivity index (χ0n) is 20.4. The summed E-state index contributed by atoms with van der Waals surface area (Å²) in [5.41, 5.74) is 16.0. The van der Waals surface area contributed by atoms with Crippen molar-refractivity contribution in [1.29, 1.82) is 0 Å². The molecule has 11 N–H and O–H groups in total. The summed E-state index contributed by atoms with van der Waals surface area (Å²) in [6.07, 6.45) is 1.20. The van der Waals surface area contributed by atoms with E-state index >= 15 is 0 Å². The van der Waals surface area contributed by atoms with Crippen molar-refractivity contribution in [3.8, 4) is 0 Å². The van der Waals surface area contributed by atoms with Gasteiger partial charge in [0.1, 0.15) is 24.2 Å². The highest BCUT2D eigenvalue weighted by atomic mass is 16.4. The Morgan fingerprint density at radius 3 is 2.00 bits per heavy atom. The van der Waals surface area contributed by atoms with Crippen LogP contribution in [0.3, 0.4) is 0 Å². The van der Waals surface area contributed by atoms with Crippen LogP contribution in [0.15, 0.2) is 4.99 Å². The first-order chi connectivity index (χ1) is 15.8. The normalized spacial score (nSPS) is 15.4. The molecule has 5 atom stereocenters. The second kappa shape index (κ2) is 15.8. The molecule has 13 nitrogen and oxygen atoms in total. The van der Waals surface area contributed by atoms with Crippen molar-refractivity contribution >= 4 is 29.7 Å². The van der Waals surface area contributed by atoms with Gasteiger partial charge in [0.2, 0.25) is 17.7 Å². The highest BCUT2D eigenvalue weighted by molar-refractivity contribution is 5.94. The molecule has 0 aromatic rings. The number of aliphatic hydroxyl groups excluding tert-OH is 1. The van der Waals surface area contributed by atoms with Gasteiger partial charge < -0.3 is 43.4 Å². The minimum Gasteiger partial charge on any atom is -0.480 e. The fourth-order valence-electron chi connectivity index (χ4n) is 3.04. The van der Waals surface area contributed by atoms with Crippen LogP contribution in [0.5, 0.6) is 0 Å². The molecule has 3 amide bonds. The summed E-state index contributed by atoms with van der Waals surface area (Å²) in [6, 6.07) is -4.40. The third-order valence-electron chi connectivity index (χ3n) is 5.23. The van der Waals surface area contributed by atoms with E-state index in [2.05, 4.69) is 20.9 Å². The number of carbonyl (C=O) groups excluding carboxylic acids is 3. The van der Waals surface area contributed by atoms with Gasteiger partial charge in [-0.3, -0.25) is 19.4 Å². The van der Waals surface area contributed by atoms with Gasteiger partial charge in [-0.15, -0.1) is 0 Å². The van der Waals surface area contributed by atoms with E-state index in [1.807, 2.05) is 20.8 Å². The number of nitrogens with one attached hydrogen (secondary N) is 3. The molecule has 0 aliphatic carbocycles. The first-order valence-corrected chi connectivity index (χ1v) is 11.4. The summed E-state index contributed by atoms with van der Waals surface area (Å²) in [6.45, 7) is 6.92. The van der Waals surface area contributed by atoms with Crippen LogP contribution in [0.2, 0.25) is 0 Å². The Balaban J connectivity index is 5.46. The molecule has 0 radical (unpaired) electrons. The van der Waals surface area contributed by atoms with Crippen LogP contribution >= 0.6 is 0 Å². The van der Waals surface area contributed by atoms with E-state index in [1.165, 1.54) is 0 Å². The van der Waals surface area contributed by atoms with E-state index < -0.39 is 54.5 Å². The molecule has 0 heterocycles. The van der Waals surface area contributed by atoms with E-state index in [-0.39, 0.29) is 37.2 Å². The van der Waals surface area contributed by atoms with E-state index in [0.29, 0.717) is 12.8 Å². The van der Waals surface area contributed by atoms with Crippen molar-refractivity contribution in [3.05, 3.63) is 0 Å². The summed E-state index contributed by atoms with van der Waals surface area (Å²) in [5.74, 6) is -3.58. The number of amides is 3. The van der Waals surface area contributed by atoms with Crippen molar-refractivity contribution in [2.45, 2.75) is 77.5 Å². The number of carboxylic acids is 1. The van der Waals surface area contributed by atoms with Crippen molar-refractivity contribution < 1.29 is 29.4 Å². The van der Waals surface area contributed by atoms with Crippen LogP contribution < -0.4 is 33.2 Å². The Morgan fingerprint density at radius 1 is 0.941 bits per heavy atom. The van der Waals surface area contributed by atoms with E-state index in [1.54, 1.807) is 6.92 Å². The number of carboxylic acid groups (broad SMARTS) is 1. The molecule has 196 valence electrons. The highest BCUT2D eigenvalue weighted by Gasteiger charge is 2.32. The number of carbonyl (C=O) groups is 4. The van der Waals surface area contributed by atoms with Crippen LogP contribution in [-0.2, 0) is 19.2 Å². The Morgan fingerprint density at radius 2 is 1.53 bits per heavy atom. The van der Waals surface area contributed by atoms with Crippen molar-refractivity contribution in [2.75, 3.05) is 13.2 Å². The Bertz CT molecular complexity index is 712. The zero-order valence-corrected chi connectivity index (χ0v) is 20.4. The molecule has 0 aliphatic heterocycles. The first kappa shape index (κ1) is 31.1. The predicted molar refractivity (Wildman–Crippen MR) is 127 cm³/mol. The first-order valence-electron chi connectivity index (χ1n) is 11.4. The van der Waals surface area contributed by atoms with Gasteiger partial charge in [-0.1, -0.05) is 34.1 Å². The van der Waals surface area contributed by atoms with Gasteiger partial charge in [-0.05, 0) is 31.1 Å². The molecule has 0 aliphatic rings. The number of nitrogens with zero attached hydrogens (tertiary/aromatic N) is 1. The van der Waals surface area contributed by atoms with Crippen LogP contribution in [0.25, 0.3) is 0 Å². The maximum absolute atomic E-state index is 13.0. The number of hydrogen-bond donors (Lipinski definition) is 8. The fraction of sp³-hybridized carbons (Fsp3) is 0.762. The van der Waals surface area contributed by atoms with E-state index in [0.717, 1.165) is 0 Å². The lowest BCUT2D eigenvalue weighted by molar-refractivity contribution is -0.142. The van der Waals surface area contributed by atoms with Gasteiger partial charge in [0.15, 0.2) is 5.96 Å². The lowest BCUT2D eigenvalue weighted by Crippen LogP contribution is -2.59. The average Bonchev–Trinajstić information content (AvgIpc) is 2.76. The summed E-state index contributed by atoms with van der Waals surface area (Å²) in [4.78, 5) is 53.5. The lowest BCUT2D eigenvalue weighted by atomic mass is 9.96. The number of aliphatic hydroxyl groups is 1. The maximum Gasteiger partial charge on any atom is 0.326 e. The van der Waals surface area contributed by atoms with Crippen LogP contribution in [0, 0.1) is 11.8 Å². The molecule has 0 rings (SSSR count). The largest absolute Gasteiger partial charge is 0.480 e. The minimum absolute atomic E-state index is 0.000598. The highest BCUT2D eigenvalue weighted by Crippen LogP contribution is 2.11. The molecule has 13 heteroatoms. The molecule has 0 aromatic carbocycles. The molecule has 34 heavy (non-hydrogen) atoms. The smallest absolute Gasteiger partial charge is 0.326 e. The third-order valence-corrected chi connectivity index (χ3v) is 5.23. The Labute approximate surface area is 200 Å². The number of nitrogens with two attached hydrogens (primary N) is 3. The SMILES string of the molecule is CCC(C)C(NC(=O)C(N)CO)C(=O)NC(CC(C)C)C(=O)NC(CCCN=C(N)N)C(=O)O. The van der Waals surface area contributed by atoms with Gasteiger partial charge in [0, 0.05) is 6.54 Å². The lowest BCUT2D eigenvalue weighted by Gasteiger charge is -2.28. The molecule has 0 spiro atoms. The quantitative estimate of drug-likeness (QED) is 0.0681. The number of aliphatic carboxylic acids is 1. The second-order valence-corrected chi connectivity index (χ2v) is 8.70. The number of hydrogen-bond acceptors (Lipinski definition) is 7. The van der Waals surface area contributed by atoms with Crippen molar-refractivity contribution in [2.24, 2.45) is 34.0 Å². The topological polar surface area (TPSA) is 235 Å². The third kappa shape index (κ3) is 11.8. The van der Waals surface area contributed by atoms with Gasteiger partial charge in [0.05, 0.1) is 6.61 Å². The molecule has 0 bridgehead atoms. The molecule has 0 fully saturated rings. The van der Waals surface area contributed by atoms with Crippen LogP contribution in [0.4, 0.5) is 0 Å². The maximum atomic E-state index is 13.0. The standard InChI is InChI=1S/C21H41N7O6/c1-5-12(4)16(28-17(30)13(22)10-29)19(32)27-15(9-11(2)3)18(31)26-14(20(33)34)7-6-8-25-21(23)24/h11-16,29H,5-10,22H2,1-4H3,(H,26,31)(H,27,32)(H,28,30)(H,33,34)(H4,23,24,25). The van der Waals surface area contributed by atoms with Crippen LogP contribution in [-0.4, -0.2) is 77.2 Å².